The number of hydrogen-bond donors (Lipinski definition) is 1. The minimum Gasteiger partial charge on any atom is -0.349 e. The molecule has 5 nitrogen and oxygen atoms in total. The summed E-state index contributed by atoms with van der Waals surface area (Å²) in [6, 6.07) is 13.1. The molecular weight excluding hydrogens is 411 g/mol. The van der Waals surface area contributed by atoms with E-state index in [1.165, 1.54) is 12.1 Å². The van der Waals surface area contributed by atoms with E-state index in [4.69, 9.17) is 0 Å². The first kappa shape index (κ1) is 20.3. The number of rotatable bonds is 5. The third-order valence-electron chi connectivity index (χ3n) is 3.97. The summed E-state index contributed by atoms with van der Waals surface area (Å²) in [4.78, 5) is 0.122. The molecule has 3 aromatic rings. The highest BCUT2D eigenvalue weighted by atomic mass is 32.2. The van der Waals surface area contributed by atoms with E-state index < -0.39 is 27.1 Å². The number of aryl methyl sites for hydroxylation is 1. The first-order valence-corrected chi connectivity index (χ1v) is 10.8. The van der Waals surface area contributed by atoms with Crippen LogP contribution in [0.2, 0.25) is 0 Å². The Balaban J connectivity index is 2.03. The lowest BCUT2D eigenvalue weighted by Gasteiger charge is -2.20. The van der Waals surface area contributed by atoms with Crippen molar-refractivity contribution in [2.45, 2.75) is 24.0 Å². The molecule has 0 fully saturated rings. The van der Waals surface area contributed by atoms with Crippen LogP contribution in [0.5, 0.6) is 0 Å². The molecule has 1 heterocycles. The number of halogens is 3. The maximum Gasteiger partial charge on any atom is 0.445 e. The van der Waals surface area contributed by atoms with Gasteiger partial charge in [-0.25, -0.2) is 8.42 Å². The van der Waals surface area contributed by atoms with Gasteiger partial charge in [-0.15, -0.1) is 10.2 Å². The lowest BCUT2D eigenvalue weighted by Crippen LogP contribution is -2.13. The van der Waals surface area contributed by atoms with Crippen molar-refractivity contribution in [1.82, 2.24) is 10.2 Å². The topological polar surface area (TPSA) is 72.0 Å². The van der Waals surface area contributed by atoms with Crippen molar-refractivity contribution in [2.24, 2.45) is 0 Å². The summed E-state index contributed by atoms with van der Waals surface area (Å²) >= 11 is 0.394. The van der Waals surface area contributed by atoms with Gasteiger partial charge in [0.25, 0.3) is 0 Å². The Morgan fingerprint density at radius 3 is 2.29 bits per heavy atom. The van der Waals surface area contributed by atoms with Crippen molar-refractivity contribution in [3.05, 3.63) is 70.2 Å². The molecular formula is C18H16F3N3O2S2. The summed E-state index contributed by atoms with van der Waals surface area (Å²) in [6.45, 7) is 1.91. The number of sulfone groups is 1. The molecule has 10 heteroatoms. The molecule has 0 bridgehead atoms. The third-order valence-corrected chi connectivity index (χ3v) is 5.98. The largest absolute Gasteiger partial charge is 0.445 e. The van der Waals surface area contributed by atoms with Crippen LogP contribution >= 0.6 is 11.3 Å². The predicted molar refractivity (Wildman–Crippen MR) is 101 cm³/mol. The fourth-order valence-electron chi connectivity index (χ4n) is 2.56. The zero-order chi connectivity index (χ0) is 20.5. The third kappa shape index (κ3) is 4.68. The number of benzene rings is 2. The van der Waals surface area contributed by atoms with Crippen molar-refractivity contribution in [2.75, 3.05) is 11.6 Å². The summed E-state index contributed by atoms with van der Waals surface area (Å²) in [5.74, 6) is 0. The van der Waals surface area contributed by atoms with E-state index in [-0.39, 0.29) is 10.0 Å². The van der Waals surface area contributed by atoms with Crippen LogP contribution in [0.25, 0.3) is 0 Å². The first-order chi connectivity index (χ1) is 13.0. The highest BCUT2D eigenvalue weighted by Gasteiger charge is 2.36. The molecule has 1 unspecified atom stereocenters. The van der Waals surface area contributed by atoms with Crippen molar-refractivity contribution in [1.29, 1.82) is 0 Å². The van der Waals surface area contributed by atoms with Crippen LogP contribution in [-0.2, 0) is 16.0 Å². The smallest absolute Gasteiger partial charge is 0.349 e. The molecule has 0 amide bonds. The summed E-state index contributed by atoms with van der Waals surface area (Å²) in [5, 5.41) is 8.65. The number of nitrogens with zero attached hydrogens (tertiary/aromatic N) is 2. The Bertz CT molecular complexity index is 1080. The van der Waals surface area contributed by atoms with Gasteiger partial charge < -0.3 is 5.32 Å². The maximum atomic E-state index is 12.8. The van der Waals surface area contributed by atoms with Gasteiger partial charge in [-0.3, -0.25) is 0 Å². The fraction of sp³-hybridized carbons (Fsp3) is 0.222. The van der Waals surface area contributed by atoms with Gasteiger partial charge in [0, 0.05) is 6.26 Å². The molecule has 0 aliphatic heterocycles. The van der Waals surface area contributed by atoms with E-state index in [1.54, 1.807) is 12.1 Å². The molecule has 0 spiro atoms. The van der Waals surface area contributed by atoms with Crippen molar-refractivity contribution >= 4 is 26.3 Å². The second-order valence-electron chi connectivity index (χ2n) is 6.24. The van der Waals surface area contributed by atoms with Gasteiger partial charge in [0.05, 0.1) is 10.9 Å². The van der Waals surface area contributed by atoms with Gasteiger partial charge in [-0.05, 0) is 30.2 Å². The van der Waals surface area contributed by atoms with Crippen LogP contribution in [0, 0.1) is 6.92 Å². The fourth-order valence-corrected chi connectivity index (χ4v) is 3.88. The lowest BCUT2D eigenvalue weighted by molar-refractivity contribution is -0.138. The SMILES string of the molecule is Cc1ccc(C(Nc2nnc(C(F)(F)F)s2)c2cccc(S(C)(=O)=O)c2)cc1. The molecule has 0 saturated carbocycles. The molecule has 0 aliphatic rings. The second-order valence-corrected chi connectivity index (χ2v) is 9.24. The molecule has 0 radical (unpaired) electrons. The molecule has 1 N–H and O–H groups in total. The average Bonchev–Trinajstić information content (AvgIpc) is 3.09. The zero-order valence-corrected chi connectivity index (χ0v) is 16.5. The standard InChI is InChI=1S/C18H16F3N3O2S2/c1-11-6-8-12(9-7-11)15(13-4-3-5-14(10-13)28(2,25)26)22-17-24-23-16(27-17)18(19,20)21/h3-10,15H,1-2H3,(H,22,24). The van der Waals surface area contributed by atoms with E-state index >= 15 is 0 Å². The Hall–Kier alpha value is -2.46. The van der Waals surface area contributed by atoms with Crippen LogP contribution in [-0.4, -0.2) is 24.9 Å². The van der Waals surface area contributed by atoms with Gasteiger partial charge in [0.15, 0.2) is 9.84 Å². The zero-order valence-electron chi connectivity index (χ0n) is 14.9. The molecule has 0 aliphatic carbocycles. The molecule has 1 aromatic heterocycles. The molecule has 0 saturated heterocycles. The van der Waals surface area contributed by atoms with Crippen molar-refractivity contribution in [3.63, 3.8) is 0 Å². The van der Waals surface area contributed by atoms with E-state index in [0.717, 1.165) is 17.4 Å². The molecule has 3 rings (SSSR count). The van der Waals surface area contributed by atoms with E-state index in [0.29, 0.717) is 16.9 Å². The molecule has 148 valence electrons. The number of nitrogens with one attached hydrogen (secondary N) is 1. The van der Waals surface area contributed by atoms with Gasteiger partial charge in [0.1, 0.15) is 0 Å². The van der Waals surface area contributed by atoms with Gasteiger partial charge >= 0.3 is 6.18 Å². The van der Waals surface area contributed by atoms with E-state index in [1.807, 2.05) is 31.2 Å². The summed E-state index contributed by atoms with van der Waals surface area (Å²) in [6.07, 6.45) is -3.48. The lowest BCUT2D eigenvalue weighted by atomic mass is 9.98. The number of aromatic nitrogens is 2. The minimum absolute atomic E-state index is 0.0114. The van der Waals surface area contributed by atoms with Gasteiger partial charge in [-0.1, -0.05) is 53.3 Å². The summed E-state index contributed by atoms with van der Waals surface area (Å²) < 4.78 is 62.3. The Morgan fingerprint density at radius 2 is 1.71 bits per heavy atom. The van der Waals surface area contributed by atoms with Crippen LogP contribution < -0.4 is 5.32 Å². The van der Waals surface area contributed by atoms with Gasteiger partial charge in [-0.2, -0.15) is 13.2 Å². The highest BCUT2D eigenvalue weighted by molar-refractivity contribution is 7.90. The quantitative estimate of drug-likeness (QED) is 0.651. The predicted octanol–water partition coefficient (Wildman–Crippen LogP) is 4.47. The van der Waals surface area contributed by atoms with Crippen molar-refractivity contribution in [3.8, 4) is 0 Å². The van der Waals surface area contributed by atoms with Crippen LogP contribution in [0.1, 0.15) is 27.7 Å². The van der Waals surface area contributed by atoms with Gasteiger partial charge in [0.2, 0.25) is 10.1 Å². The normalized spacial score (nSPS) is 13.3. The van der Waals surface area contributed by atoms with E-state index in [2.05, 4.69) is 15.5 Å². The highest BCUT2D eigenvalue weighted by Crippen LogP contribution is 2.35. The number of alkyl halides is 3. The second kappa shape index (κ2) is 7.51. The Morgan fingerprint density at radius 1 is 1.04 bits per heavy atom. The Kier molecular flexibility index (Phi) is 5.44. The Labute approximate surface area is 164 Å². The molecule has 1 atom stereocenters. The van der Waals surface area contributed by atoms with Crippen molar-refractivity contribution < 1.29 is 21.6 Å². The van der Waals surface area contributed by atoms with Crippen LogP contribution in [0.3, 0.4) is 0 Å². The monoisotopic (exact) mass is 427 g/mol. The van der Waals surface area contributed by atoms with Crippen LogP contribution in [0.15, 0.2) is 53.4 Å². The minimum atomic E-state index is -4.58. The number of hydrogen-bond acceptors (Lipinski definition) is 6. The summed E-state index contributed by atoms with van der Waals surface area (Å²) in [7, 11) is -3.44. The summed E-state index contributed by atoms with van der Waals surface area (Å²) in [5.41, 5.74) is 2.35. The van der Waals surface area contributed by atoms with Crippen LogP contribution in [0.4, 0.5) is 18.3 Å². The molecule has 2 aromatic carbocycles. The molecule has 28 heavy (non-hydrogen) atoms. The first-order valence-electron chi connectivity index (χ1n) is 8.08. The maximum absolute atomic E-state index is 12.8. The average molecular weight is 427 g/mol. The van der Waals surface area contributed by atoms with E-state index in [9.17, 15) is 21.6 Å². The number of anilines is 1.